The van der Waals surface area contributed by atoms with E-state index in [1.54, 1.807) is 25.0 Å². The molecule has 0 aliphatic rings. The first-order valence-corrected chi connectivity index (χ1v) is 6.04. The Balaban J connectivity index is 2.31. The van der Waals surface area contributed by atoms with Crippen LogP contribution in [0, 0.1) is 6.92 Å². The maximum Gasteiger partial charge on any atom is 0.342 e. The zero-order valence-electron chi connectivity index (χ0n) is 10.5. The number of halogens is 1. The van der Waals surface area contributed by atoms with Gasteiger partial charge in [0, 0.05) is 19.0 Å². The van der Waals surface area contributed by atoms with Gasteiger partial charge in [-0.15, -0.1) is 5.10 Å². The second-order valence-electron chi connectivity index (χ2n) is 3.91. The quantitative estimate of drug-likeness (QED) is 0.796. The van der Waals surface area contributed by atoms with Crippen molar-refractivity contribution in [2.45, 2.75) is 26.7 Å². The Morgan fingerprint density at radius 3 is 2.78 bits per heavy atom. The van der Waals surface area contributed by atoms with Crippen LogP contribution in [0.2, 0.25) is 5.15 Å². The minimum Gasteiger partial charge on any atom is -0.404 e. The fraction of sp³-hybridized carbons (Fsp3) is 0.455. The highest BCUT2D eigenvalue weighted by Crippen LogP contribution is 2.25. The first-order valence-electron chi connectivity index (χ1n) is 5.66. The molecule has 6 nitrogen and oxygen atoms in total. The van der Waals surface area contributed by atoms with Gasteiger partial charge in [-0.2, -0.15) is 9.97 Å². The summed E-state index contributed by atoms with van der Waals surface area (Å²) in [5.74, 6) is 1.07. The maximum absolute atomic E-state index is 6.05. The Hall–Kier alpha value is -1.69. The molecule has 2 aromatic heterocycles. The van der Waals surface area contributed by atoms with E-state index in [1.165, 1.54) is 0 Å². The molecular weight excluding hydrogens is 254 g/mol. The molecule has 2 rings (SSSR count). The normalized spacial score (nSPS) is 10.7. The van der Waals surface area contributed by atoms with Crippen molar-refractivity contribution in [3.05, 3.63) is 22.9 Å². The Bertz CT molecular complexity index is 554. The number of hydrogen-bond donors (Lipinski definition) is 0. The molecule has 0 atom stereocenters. The van der Waals surface area contributed by atoms with Crippen LogP contribution in [0.15, 0.2) is 6.33 Å². The molecule has 96 valence electrons. The molecule has 0 spiro atoms. The summed E-state index contributed by atoms with van der Waals surface area (Å²) in [6, 6.07) is 0.248. The molecule has 0 radical (unpaired) electrons. The van der Waals surface area contributed by atoms with E-state index in [1.807, 2.05) is 0 Å². The third kappa shape index (κ3) is 2.76. The molecule has 0 amide bonds. The van der Waals surface area contributed by atoms with Gasteiger partial charge < -0.3 is 4.74 Å². The molecular formula is C11H14ClN5O. The Morgan fingerprint density at radius 2 is 2.17 bits per heavy atom. The Morgan fingerprint density at radius 1 is 1.39 bits per heavy atom. The highest BCUT2D eigenvalue weighted by Gasteiger charge is 2.12. The molecule has 0 saturated heterocycles. The Kier molecular flexibility index (Phi) is 3.76. The third-order valence-corrected chi connectivity index (χ3v) is 2.70. The van der Waals surface area contributed by atoms with Gasteiger partial charge in [0.2, 0.25) is 5.88 Å². The minimum absolute atomic E-state index is 0.248. The van der Waals surface area contributed by atoms with Crippen LogP contribution in [0.1, 0.15) is 24.7 Å². The molecule has 0 bridgehead atoms. The van der Waals surface area contributed by atoms with Crippen LogP contribution in [0.25, 0.3) is 0 Å². The molecule has 0 aliphatic carbocycles. The molecule has 2 heterocycles. The standard InChI is InChI=1S/C11H14ClN5O/c1-4-5-8-14-9(12)7(2)10(15-8)18-11-13-6-17(3)16-11/h6H,4-5H2,1-3H3. The van der Waals surface area contributed by atoms with E-state index in [0.717, 1.165) is 12.8 Å². The van der Waals surface area contributed by atoms with Gasteiger partial charge in [-0.05, 0) is 13.3 Å². The summed E-state index contributed by atoms with van der Waals surface area (Å²) in [6.45, 7) is 3.86. The van der Waals surface area contributed by atoms with E-state index in [2.05, 4.69) is 27.0 Å². The summed E-state index contributed by atoms with van der Waals surface area (Å²) < 4.78 is 7.08. The Labute approximate surface area is 110 Å². The van der Waals surface area contributed by atoms with Gasteiger partial charge in [0.25, 0.3) is 0 Å². The molecule has 7 heteroatoms. The molecule has 18 heavy (non-hydrogen) atoms. The van der Waals surface area contributed by atoms with Crippen molar-refractivity contribution in [1.82, 2.24) is 24.7 Å². The van der Waals surface area contributed by atoms with Crippen LogP contribution < -0.4 is 4.74 Å². The predicted octanol–water partition coefficient (Wildman–Crippen LogP) is 2.31. The van der Waals surface area contributed by atoms with Crippen LogP contribution in [0.4, 0.5) is 0 Å². The molecule has 0 unspecified atom stereocenters. The van der Waals surface area contributed by atoms with Crippen LogP contribution in [-0.4, -0.2) is 24.7 Å². The predicted molar refractivity (Wildman–Crippen MR) is 66.9 cm³/mol. The summed E-state index contributed by atoms with van der Waals surface area (Å²) in [6.07, 6.45) is 3.26. The highest BCUT2D eigenvalue weighted by atomic mass is 35.5. The molecule has 0 aromatic carbocycles. The van der Waals surface area contributed by atoms with Crippen molar-refractivity contribution in [3.8, 4) is 11.9 Å². The molecule has 0 saturated carbocycles. The number of aromatic nitrogens is 5. The van der Waals surface area contributed by atoms with Gasteiger partial charge in [0.05, 0.1) is 0 Å². The lowest BCUT2D eigenvalue weighted by molar-refractivity contribution is 0.415. The van der Waals surface area contributed by atoms with Crippen molar-refractivity contribution >= 4 is 11.6 Å². The van der Waals surface area contributed by atoms with Crippen LogP contribution in [-0.2, 0) is 13.5 Å². The van der Waals surface area contributed by atoms with E-state index in [0.29, 0.717) is 22.4 Å². The first kappa shape index (κ1) is 12.8. The summed E-state index contributed by atoms with van der Waals surface area (Å²) in [4.78, 5) is 12.5. The fourth-order valence-electron chi connectivity index (χ4n) is 1.40. The average Bonchev–Trinajstić information content (AvgIpc) is 2.71. The number of ether oxygens (including phenoxy) is 1. The zero-order valence-corrected chi connectivity index (χ0v) is 11.3. The second-order valence-corrected chi connectivity index (χ2v) is 4.27. The average molecular weight is 268 g/mol. The number of nitrogens with zero attached hydrogens (tertiary/aromatic N) is 5. The van der Waals surface area contributed by atoms with Crippen molar-refractivity contribution in [1.29, 1.82) is 0 Å². The monoisotopic (exact) mass is 267 g/mol. The van der Waals surface area contributed by atoms with Crippen LogP contribution >= 0.6 is 11.6 Å². The van der Waals surface area contributed by atoms with Crippen LogP contribution in [0.5, 0.6) is 11.9 Å². The van der Waals surface area contributed by atoms with Gasteiger partial charge in [0.1, 0.15) is 17.3 Å². The van der Waals surface area contributed by atoms with Gasteiger partial charge in [-0.3, -0.25) is 4.68 Å². The second kappa shape index (κ2) is 5.30. The summed E-state index contributed by atoms with van der Waals surface area (Å²) >= 11 is 6.05. The SMILES string of the molecule is CCCc1nc(Cl)c(C)c(Oc2ncn(C)n2)n1. The topological polar surface area (TPSA) is 65.7 Å². The van der Waals surface area contributed by atoms with E-state index >= 15 is 0 Å². The summed E-state index contributed by atoms with van der Waals surface area (Å²) in [5, 5.41) is 4.43. The first-order chi connectivity index (χ1) is 8.60. The van der Waals surface area contributed by atoms with E-state index < -0.39 is 0 Å². The summed E-state index contributed by atoms with van der Waals surface area (Å²) in [7, 11) is 1.77. The van der Waals surface area contributed by atoms with Crippen LogP contribution in [0.3, 0.4) is 0 Å². The van der Waals surface area contributed by atoms with Gasteiger partial charge in [0.15, 0.2) is 0 Å². The molecule has 0 fully saturated rings. The van der Waals surface area contributed by atoms with Gasteiger partial charge in [-0.25, -0.2) is 4.98 Å². The highest BCUT2D eigenvalue weighted by molar-refractivity contribution is 6.30. The number of aryl methyl sites for hydroxylation is 2. The maximum atomic E-state index is 6.05. The molecule has 0 N–H and O–H groups in total. The van der Waals surface area contributed by atoms with Gasteiger partial charge >= 0.3 is 6.01 Å². The smallest absolute Gasteiger partial charge is 0.342 e. The lowest BCUT2D eigenvalue weighted by atomic mass is 10.3. The lowest BCUT2D eigenvalue weighted by Gasteiger charge is -2.07. The molecule has 0 aliphatic heterocycles. The number of rotatable bonds is 4. The molecule has 2 aromatic rings. The van der Waals surface area contributed by atoms with E-state index in [9.17, 15) is 0 Å². The number of hydrogen-bond acceptors (Lipinski definition) is 5. The van der Waals surface area contributed by atoms with Crippen molar-refractivity contribution in [2.75, 3.05) is 0 Å². The lowest BCUT2D eigenvalue weighted by Crippen LogP contribution is -2.01. The van der Waals surface area contributed by atoms with E-state index in [4.69, 9.17) is 16.3 Å². The fourth-order valence-corrected chi connectivity index (χ4v) is 1.58. The van der Waals surface area contributed by atoms with Crippen molar-refractivity contribution < 1.29 is 4.74 Å². The largest absolute Gasteiger partial charge is 0.404 e. The zero-order chi connectivity index (χ0) is 13.1. The third-order valence-electron chi connectivity index (χ3n) is 2.33. The van der Waals surface area contributed by atoms with Gasteiger partial charge in [-0.1, -0.05) is 18.5 Å². The minimum atomic E-state index is 0.248. The van der Waals surface area contributed by atoms with Crippen molar-refractivity contribution in [3.63, 3.8) is 0 Å². The summed E-state index contributed by atoms with van der Waals surface area (Å²) in [5.41, 5.74) is 0.684. The van der Waals surface area contributed by atoms with E-state index in [-0.39, 0.29) is 6.01 Å². The van der Waals surface area contributed by atoms with Crippen molar-refractivity contribution in [2.24, 2.45) is 7.05 Å².